The molecule has 0 aliphatic heterocycles. The molecule has 0 bridgehead atoms. The number of H-pyrrole nitrogens is 1. The number of hydrogen-bond donors (Lipinski definition) is 3. The number of ether oxygens (including phenoxy) is 1. The lowest BCUT2D eigenvalue weighted by Gasteiger charge is -2.27. The molecule has 0 saturated heterocycles. The Hall–Kier alpha value is -2.61. The number of amides is 1. The highest BCUT2D eigenvalue weighted by Crippen LogP contribution is 2.26. The first-order valence-corrected chi connectivity index (χ1v) is 10.9. The van der Waals surface area contributed by atoms with Crippen LogP contribution in [0.5, 0.6) is 0 Å². The summed E-state index contributed by atoms with van der Waals surface area (Å²) in [5, 5.41) is 3.61. The van der Waals surface area contributed by atoms with E-state index in [1.165, 1.54) is 0 Å². The minimum Gasteiger partial charge on any atom is -0.460 e. The van der Waals surface area contributed by atoms with Crippen LogP contribution in [0.25, 0.3) is 11.0 Å². The first-order valence-electron chi connectivity index (χ1n) is 10.2. The van der Waals surface area contributed by atoms with Gasteiger partial charge >= 0.3 is 5.97 Å². The predicted octanol–water partition coefficient (Wildman–Crippen LogP) is 4.01. The highest BCUT2D eigenvalue weighted by atomic mass is 35.5. The third kappa shape index (κ3) is 6.22. The number of halogens is 2. The van der Waals surface area contributed by atoms with Crippen molar-refractivity contribution >= 4 is 46.1 Å². The summed E-state index contributed by atoms with van der Waals surface area (Å²) in [7, 11) is 0. The van der Waals surface area contributed by atoms with Crippen LogP contribution in [0.2, 0.25) is 10.0 Å². The highest BCUT2D eigenvalue weighted by Gasteiger charge is 2.35. The first-order chi connectivity index (χ1) is 15.0. The van der Waals surface area contributed by atoms with Gasteiger partial charge in [-0.3, -0.25) is 9.59 Å². The Labute approximate surface area is 196 Å². The quantitative estimate of drug-likeness (QED) is 0.446. The second-order valence-electron chi connectivity index (χ2n) is 8.52. The number of fused-ring (bicyclic) bond motifs is 1. The van der Waals surface area contributed by atoms with Crippen LogP contribution in [0.3, 0.4) is 0 Å². The fourth-order valence-corrected chi connectivity index (χ4v) is 3.70. The molecule has 2 atom stereocenters. The van der Waals surface area contributed by atoms with Crippen molar-refractivity contribution in [3.05, 3.63) is 63.9 Å². The van der Waals surface area contributed by atoms with Gasteiger partial charge in [-0.05, 0) is 57.0 Å². The maximum atomic E-state index is 12.9. The minimum absolute atomic E-state index is 0.129. The summed E-state index contributed by atoms with van der Waals surface area (Å²) in [5.74, 6) is -1.42. The zero-order valence-electron chi connectivity index (χ0n) is 18.1. The van der Waals surface area contributed by atoms with E-state index >= 15 is 0 Å². The van der Waals surface area contributed by atoms with E-state index in [9.17, 15) is 9.59 Å². The van der Waals surface area contributed by atoms with Crippen molar-refractivity contribution in [2.24, 2.45) is 11.7 Å². The van der Waals surface area contributed by atoms with Gasteiger partial charge in [0.15, 0.2) is 0 Å². The molecule has 0 radical (unpaired) electrons. The molecule has 3 rings (SSSR count). The number of nitrogens with two attached hydrogens (primary N) is 1. The van der Waals surface area contributed by atoms with Crippen LogP contribution >= 0.6 is 23.2 Å². The molecule has 4 N–H and O–H groups in total. The molecule has 9 heteroatoms. The van der Waals surface area contributed by atoms with Gasteiger partial charge < -0.3 is 20.8 Å². The van der Waals surface area contributed by atoms with Gasteiger partial charge in [0.25, 0.3) is 0 Å². The summed E-state index contributed by atoms with van der Waals surface area (Å²) in [6.07, 6.45) is 0.129. The molecular formula is C23H26Cl2N4O3. The van der Waals surface area contributed by atoms with Crippen LogP contribution < -0.4 is 11.1 Å². The molecule has 0 aliphatic rings. The van der Waals surface area contributed by atoms with Gasteiger partial charge in [-0.2, -0.15) is 0 Å². The van der Waals surface area contributed by atoms with Crippen LogP contribution in [-0.4, -0.2) is 33.5 Å². The Morgan fingerprint density at radius 2 is 1.91 bits per heavy atom. The Kier molecular flexibility index (Phi) is 7.44. The fraction of sp³-hybridized carbons (Fsp3) is 0.348. The van der Waals surface area contributed by atoms with Crippen molar-refractivity contribution in [3.8, 4) is 0 Å². The molecule has 0 spiro atoms. The fourth-order valence-electron chi connectivity index (χ4n) is 3.22. The van der Waals surface area contributed by atoms with E-state index in [2.05, 4.69) is 15.3 Å². The van der Waals surface area contributed by atoms with Crippen LogP contribution in [0.1, 0.15) is 32.2 Å². The van der Waals surface area contributed by atoms with Crippen molar-refractivity contribution < 1.29 is 14.3 Å². The second-order valence-corrected chi connectivity index (χ2v) is 9.37. The number of nitrogens with zero attached hydrogens (tertiary/aromatic N) is 1. The summed E-state index contributed by atoms with van der Waals surface area (Å²) in [4.78, 5) is 33.3. The van der Waals surface area contributed by atoms with E-state index in [1.54, 1.807) is 39.0 Å². The molecule has 2 aromatic carbocycles. The summed E-state index contributed by atoms with van der Waals surface area (Å²) in [6.45, 7) is 5.41. The third-order valence-electron chi connectivity index (χ3n) is 4.77. The Morgan fingerprint density at radius 3 is 2.56 bits per heavy atom. The summed E-state index contributed by atoms with van der Waals surface area (Å²) >= 11 is 12.3. The largest absolute Gasteiger partial charge is 0.460 e. The lowest BCUT2D eigenvalue weighted by Crippen LogP contribution is -2.50. The Bertz CT molecular complexity index is 1090. The van der Waals surface area contributed by atoms with Gasteiger partial charge in [0.1, 0.15) is 11.4 Å². The maximum absolute atomic E-state index is 12.9. The van der Waals surface area contributed by atoms with E-state index in [0.717, 1.165) is 11.0 Å². The number of esters is 1. The molecule has 0 fully saturated rings. The Balaban J connectivity index is 1.75. The van der Waals surface area contributed by atoms with Gasteiger partial charge in [-0.25, -0.2) is 4.98 Å². The van der Waals surface area contributed by atoms with Gasteiger partial charge in [0, 0.05) is 10.0 Å². The van der Waals surface area contributed by atoms with Crippen LogP contribution in [0.4, 0.5) is 0 Å². The molecule has 1 aromatic heterocycles. The summed E-state index contributed by atoms with van der Waals surface area (Å²) in [6, 6.07) is 11.4. The lowest BCUT2D eigenvalue weighted by atomic mass is 9.91. The molecule has 3 aromatic rings. The van der Waals surface area contributed by atoms with E-state index in [1.807, 2.05) is 24.3 Å². The van der Waals surface area contributed by atoms with Gasteiger partial charge in [0.2, 0.25) is 5.91 Å². The zero-order valence-corrected chi connectivity index (χ0v) is 19.6. The Morgan fingerprint density at radius 1 is 1.19 bits per heavy atom. The van der Waals surface area contributed by atoms with Crippen molar-refractivity contribution in [3.63, 3.8) is 0 Å². The van der Waals surface area contributed by atoms with Crippen LogP contribution in [0.15, 0.2) is 42.5 Å². The standard InChI is InChI=1S/C23H26Cl2N4O3/c1-23(2,3)32-22(31)15(10-13-8-9-14(24)11-16(13)25)20(26)21(30)27-12-19-28-17-6-4-5-7-18(17)29-19/h4-9,11,15,20H,10,12,26H2,1-3H3,(H,27,30)(H,28,29). The molecule has 7 nitrogen and oxygen atoms in total. The van der Waals surface area contributed by atoms with Crippen molar-refractivity contribution in [2.45, 2.75) is 45.4 Å². The minimum atomic E-state index is -1.15. The molecular weight excluding hydrogens is 451 g/mol. The SMILES string of the molecule is CC(C)(C)OC(=O)C(Cc1ccc(Cl)cc1Cl)C(N)C(=O)NCc1nc2ccccc2[nH]1. The second kappa shape index (κ2) is 9.90. The van der Waals surface area contributed by atoms with Gasteiger partial charge in [0.05, 0.1) is 29.5 Å². The van der Waals surface area contributed by atoms with Crippen molar-refractivity contribution in [2.75, 3.05) is 0 Å². The number of para-hydroxylation sites is 2. The number of aromatic amines is 1. The number of rotatable bonds is 7. The molecule has 1 heterocycles. The number of hydrogen-bond acceptors (Lipinski definition) is 5. The number of imidazole rings is 1. The average molecular weight is 477 g/mol. The summed E-state index contributed by atoms with van der Waals surface area (Å²) in [5.41, 5.74) is 7.81. The van der Waals surface area contributed by atoms with Crippen molar-refractivity contribution in [1.82, 2.24) is 15.3 Å². The first kappa shape index (κ1) is 24.0. The van der Waals surface area contributed by atoms with Gasteiger partial charge in [-0.1, -0.05) is 41.4 Å². The normalized spacial score (nSPS) is 13.6. The number of aromatic nitrogens is 2. The van der Waals surface area contributed by atoms with E-state index in [-0.39, 0.29) is 13.0 Å². The highest BCUT2D eigenvalue weighted by molar-refractivity contribution is 6.35. The number of nitrogens with one attached hydrogen (secondary N) is 2. The number of carbonyl (C=O) groups excluding carboxylic acids is 2. The number of carbonyl (C=O) groups is 2. The van der Waals surface area contributed by atoms with Crippen molar-refractivity contribution in [1.29, 1.82) is 0 Å². The average Bonchev–Trinajstić information content (AvgIpc) is 3.12. The van der Waals surface area contributed by atoms with E-state index < -0.39 is 29.4 Å². The smallest absolute Gasteiger partial charge is 0.311 e. The maximum Gasteiger partial charge on any atom is 0.311 e. The lowest BCUT2D eigenvalue weighted by molar-refractivity contribution is -0.162. The molecule has 170 valence electrons. The summed E-state index contributed by atoms with van der Waals surface area (Å²) < 4.78 is 5.52. The predicted molar refractivity (Wildman–Crippen MR) is 125 cm³/mol. The molecule has 1 amide bonds. The molecule has 2 unspecified atom stereocenters. The molecule has 0 aliphatic carbocycles. The van der Waals surface area contributed by atoms with Gasteiger partial charge in [-0.15, -0.1) is 0 Å². The van der Waals surface area contributed by atoms with E-state index in [4.69, 9.17) is 33.7 Å². The molecule has 32 heavy (non-hydrogen) atoms. The van der Waals surface area contributed by atoms with E-state index in [0.29, 0.717) is 21.4 Å². The zero-order chi connectivity index (χ0) is 23.5. The van der Waals surface area contributed by atoms with Crippen LogP contribution in [0, 0.1) is 5.92 Å². The topological polar surface area (TPSA) is 110 Å². The third-order valence-corrected chi connectivity index (χ3v) is 5.36. The molecule has 0 saturated carbocycles. The number of benzene rings is 2. The van der Waals surface area contributed by atoms with Crippen LogP contribution in [-0.2, 0) is 27.3 Å². The monoisotopic (exact) mass is 476 g/mol.